The van der Waals surface area contributed by atoms with E-state index < -0.39 is 4.92 Å². The second kappa shape index (κ2) is 7.02. The smallest absolute Gasteiger partial charge is 0.269 e. The highest BCUT2D eigenvalue weighted by atomic mass is 32.1. The molecule has 0 amide bonds. The van der Waals surface area contributed by atoms with Gasteiger partial charge < -0.3 is 10.1 Å². The summed E-state index contributed by atoms with van der Waals surface area (Å²) in [7, 11) is 0. The number of ether oxygens (including phenoxy) is 1. The number of hydrogen-bond acceptors (Lipinski definition) is 5. The molecule has 0 aliphatic rings. The molecule has 0 aliphatic heterocycles. The summed E-state index contributed by atoms with van der Waals surface area (Å²) >= 11 is 1.70. The lowest BCUT2D eigenvalue weighted by atomic mass is 10.2. The second-order valence-corrected chi connectivity index (χ2v) is 5.10. The Labute approximate surface area is 121 Å². The zero-order valence-electron chi connectivity index (χ0n) is 11.2. The van der Waals surface area contributed by atoms with Crippen molar-refractivity contribution in [3.63, 3.8) is 0 Å². The van der Waals surface area contributed by atoms with Crippen LogP contribution in [0.3, 0.4) is 0 Å². The summed E-state index contributed by atoms with van der Waals surface area (Å²) < 4.78 is 5.51. The van der Waals surface area contributed by atoms with E-state index in [0.29, 0.717) is 12.4 Å². The lowest BCUT2D eigenvalue weighted by Gasteiger charge is -2.07. The zero-order chi connectivity index (χ0) is 14.4. The number of thiophene rings is 1. The molecule has 20 heavy (non-hydrogen) atoms. The van der Waals surface area contributed by atoms with Crippen LogP contribution in [-0.2, 0) is 6.54 Å². The molecule has 6 heteroatoms. The van der Waals surface area contributed by atoms with Gasteiger partial charge in [-0.1, -0.05) is 0 Å². The number of nitro benzene ring substituents is 1. The largest absolute Gasteiger partial charge is 0.492 e. The molecule has 0 unspecified atom stereocenters. The number of aryl methyl sites for hydroxylation is 1. The average molecular weight is 292 g/mol. The molecular formula is C14H16N2O3S. The molecule has 2 aromatic rings. The highest BCUT2D eigenvalue weighted by molar-refractivity contribution is 7.08. The van der Waals surface area contributed by atoms with Crippen molar-refractivity contribution >= 4 is 17.0 Å². The van der Waals surface area contributed by atoms with Crippen LogP contribution in [0.2, 0.25) is 0 Å². The molecule has 0 radical (unpaired) electrons. The zero-order valence-corrected chi connectivity index (χ0v) is 12.0. The maximum Gasteiger partial charge on any atom is 0.269 e. The van der Waals surface area contributed by atoms with E-state index in [1.807, 2.05) is 0 Å². The average Bonchev–Trinajstić information content (AvgIpc) is 2.84. The first kappa shape index (κ1) is 14.5. The number of benzene rings is 1. The van der Waals surface area contributed by atoms with E-state index in [4.69, 9.17) is 4.74 Å². The Hall–Kier alpha value is -1.92. The predicted molar refractivity (Wildman–Crippen MR) is 79.4 cm³/mol. The molecule has 2 rings (SSSR count). The molecule has 0 bridgehead atoms. The van der Waals surface area contributed by atoms with Crippen LogP contribution in [0.1, 0.15) is 11.1 Å². The molecule has 5 nitrogen and oxygen atoms in total. The molecule has 1 aromatic carbocycles. The molecule has 0 atom stereocenters. The van der Waals surface area contributed by atoms with E-state index >= 15 is 0 Å². The van der Waals surface area contributed by atoms with Crippen molar-refractivity contribution in [2.75, 3.05) is 13.2 Å². The van der Waals surface area contributed by atoms with Crippen LogP contribution < -0.4 is 10.1 Å². The molecule has 1 aromatic heterocycles. The van der Waals surface area contributed by atoms with Crippen LogP contribution in [-0.4, -0.2) is 18.1 Å². The van der Waals surface area contributed by atoms with Crippen molar-refractivity contribution in [2.24, 2.45) is 0 Å². The Kier molecular flexibility index (Phi) is 5.09. The van der Waals surface area contributed by atoms with Gasteiger partial charge in [-0.3, -0.25) is 10.1 Å². The van der Waals surface area contributed by atoms with Gasteiger partial charge >= 0.3 is 0 Å². The van der Waals surface area contributed by atoms with Crippen molar-refractivity contribution in [1.82, 2.24) is 5.32 Å². The third-order valence-electron chi connectivity index (χ3n) is 2.87. The predicted octanol–water partition coefficient (Wildman–Crippen LogP) is 3.13. The lowest BCUT2D eigenvalue weighted by Crippen LogP contribution is -2.20. The van der Waals surface area contributed by atoms with Crippen LogP contribution in [0.15, 0.2) is 35.0 Å². The first-order chi connectivity index (χ1) is 9.66. The van der Waals surface area contributed by atoms with Crippen LogP contribution in [0.25, 0.3) is 0 Å². The van der Waals surface area contributed by atoms with Gasteiger partial charge in [0.25, 0.3) is 5.69 Å². The van der Waals surface area contributed by atoms with E-state index in [2.05, 4.69) is 23.0 Å². The SMILES string of the molecule is Cc1cscc1CNCCOc1ccc([N+](=O)[O-])cc1. The van der Waals surface area contributed by atoms with Gasteiger partial charge in [0.2, 0.25) is 0 Å². The number of nitro groups is 1. The van der Waals surface area contributed by atoms with Crippen LogP contribution >= 0.6 is 11.3 Å². The molecule has 0 saturated heterocycles. The summed E-state index contributed by atoms with van der Waals surface area (Å²) in [6.07, 6.45) is 0. The van der Waals surface area contributed by atoms with Gasteiger partial charge in [-0.25, -0.2) is 0 Å². The number of non-ortho nitro benzene ring substituents is 1. The third kappa shape index (κ3) is 4.04. The molecule has 1 heterocycles. The van der Waals surface area contributed by atoms with E-state index in [9.17, 15) is 10.1 Å². The minimum atomic E-state index is -0.422. The summed E-state index contributed by atoms with van der Waals surface area (Å²) in [4.78, 5) is 10.1. The summed E-state index contributed by atoms with van der Waals surface area (Å²) in [5.74, 6) is 0.643. The van der Waals surface area contributed by atoms with E-state index in [-0.39, 0.29) is 5.69 Å². The Morgan fingerprint density at radius 3 is 2.65 bits per heavy atom. The van der Waals surface area contributed by atoms with Crippen LogP contribution in [0.4, 0.5) is 5.69 Å². The fraction of sp³-hybridized carbons (Fsp3) is 0.286. The Bertz CT molecular complexity index is 566. The van der Waals surface area contributed by atoms with Crippen molar-refractivity contribution < 1.29 is 9.66 Å². The summed E-state index contributed by atoms with van der Waals surface area (Å²) in [6.45, 7) is 4.19. The van der Waals surface area contributed by atoms with Gasteiger partial charge in [-0.2, -0.15) is 11.3 Å². The maximum absolute atomic E-state index is 10.5. The van der Waals surface area contributed by atoms with Gasteiger partial charge in [-0.05, 0) is 40.9 Å². The van der Waals surface area contributed by atoms with Gasteiger partial charge in [0, 0.05) is 25.2 Å². The molecule has 0 fully saturated rings. The summed E-state index contributed by atoms with van der Waals surface area (Å²) in [6, 6.07) is 6.11. The molecular weight excluding hydrogens is 276 g/mol. The van der Waals surface area contributed by atoms with E-state index in [1.165, 1.54) is 23.3 Å². The van der Waals surface area contributed by atoms with Gasteiger partial charge in [0.1, 0.15) is 12.4 Å². The van der Waals surface area contributed by atoms with Gasteiger partial charge in [-0.15, -0.1) is 0 Å². The number of rotatable bonds is 7. The van der Waals surface area contributed by atoms with Crippen molar-refractivity contribution in [3.05, 3.63) is 56.3 Å². The molecule has 0 saturated carbocycles. The van der Waals surface area contributed by atoms with E-state index in [0.717, 1.165) is 13.1 Å². The monoisotopic (exact) mass is 292 g/mol. The van der Waals surface area contributed by atoms with Crippen molar-refractivity contribution in [1.29, 1.82) is 0 Å². The fourth-order valence-corrected chi connectivity index (χ4v) is 2.55. The highest BCUT2D eigenvalue weighted by Crippen LogP contribution is 2.17. The van der Waals surface area contributed by atoms with Crippen molar-refractivity contribution in [2.45, 2.75) is 13.5 Å². The first-order valence-electron chi connectivity index (χ1n) is 6.26. The molecule has 0 aliphatic carbocycles. The second-order valence-electron chi connectivity index (χ2n) is 4.36. The summed E-state index contributed by atoms with van der Waals surface area (Å²) in [5, 5.41) is 18.1. The Morgan fingerprint density at radius 2 is 2.05 bits per heavy atom. The minimum absolute atomic E-state index is 0.0726. The Balaban J connectivity index is 1.68. The van der Waals surface area contributed by atoms with Gasteiger partial charge in [0.05, 0.1) is 4.92 Å². The fourth-order valence-electron chi connectivity index (χ4n) is 1.70. The van der Waals surface area contributed by atoms with Gasteiger partial charge in [0.15, 0.2) is 0 Å². The number of nitrogens with zero attached hydrogens (tertiary/aromatic N) is 1. The highest BCUT2D eigenvalue weighted by Gasteiger charge is 2.04. The quantitative estimate of drug-likeness (QED) is 0.484. The summed E-state index contributed by atoms with van der Waals surface area (Å²) in [5.41, 5.74) is 2.69. The van der Waals surface area contributed by atoms with Crippen LogP contribution in [0, 0.1) is 17.0 Å². The lowest BCUT2D eigenvalue weighted by molar-refractivity contribution is -0.384. The van der Waals surface area contributed by atoms with Crippen LogP contribution in [0.5, 0.6) is 5.75 Å². The number of hydrogen-bond donors (Lipinski definition) is 1. The van der Waals surface area contributed by atoms with E-state index in [1.54, 1.807) is 23.5 Å². The number of nitrogens with one attached hydrogen (secondary N) is 1. The molecule has 106 valence electrons. The minimum Gasteiger partial charge on any atom is -0.492 e. The third-order valence-corrected chi connectivity index (χ3v) is 3.78. The van der Waals surface area contributed by atoms with Crippen molar-refractivity contribution in [3.8, 4) is 5.75 Å². The standard InChI is InChI=1S/C14H16N2O3S/c1-11-9-20-10-12(11)8-15-6-7-19-14-4-2-13(3-5-14)16(17)18/h2-5,9-10,15H,6-8H2,1H3. The Morgan fingerprint density at radius 1 is 1.30 bits per heavy atom. The molecule has 1 N–H and O–H groups in total. The molecule has 0 spiro atoms. The topological polar surface area (TPSA) is 64.4 Å². The normalized spacial score (nSPS) is 10.4. The maximum atomic E-state index is 10.5. The first-order valence-corrected chi connectivity index (χ1v) is 7.21.